The molecule has 0 radical (unpaired) electrons. The number of hydrogen-bond acceptors (Lipinski definition) is 1. The molecule has 1 aromatic rings. The number of rotatable bonds is 8. The zero-order valence-corrected chi connectivity index (χ0v) is 12.2. The Morgan fingerprint density at radius 2 is 1.89 bits per heavy atom. The van der Waals surface area contributed by atoms with Crippen LogP contribution in [-0.2, 0) is 6.42 Å². The second-order valence-electron chi connectivity index (χ2n) is 5.24. The predicted molar refractivity (Wildman–Crippen MR) is 76.2 cm³/mol. The standard InChI is InChI=1S/C16H25F2N/c1-4-7-12(3)15(19-10-5-2)11-13-8-6-9-14(17)16(13)18/h6,8-9,12,15,19H,4-5,7,10-11H2,1-3H3. The molecule has 0 amide bonds. The van der Waals surface area contributed by atoms with Gasteiger partial charge in [0.25, 0.3) is 0 Å². The van der Waals surface area contributed by atoms with Crippen molar-refractivity contribution in [2.75, 3.05) is 6.54 Å². The smallest absolute Gasteiger partial charge is 0.162 e. The van der Waals surface area contributed by atoms with Gasteiger partial charge in [-0.25, -0.2) is 8.78 Å². The van der Waals surface area contributed by atoms with Crippen LogP contribution < -0.4 is 5.32 Å². The van der Waals surface area contributed by atoms with Gasteiger partial charge >= 0.3 is 0 Å². The number of nitrogens with one attached hydrogen (secondary N) is 1. The van der Waals surface area contributed by atoms with E-state index in [-0.39, 0.29) is 6.04 Å². The van der Waals surface area contributed by atoms with Crippen molar-refractivity contribution in [2.24, 2.45) is 5.92 Å². The lowest BCUT2D eigenvalue weighted by atomic mass is 9.91. The first-order valence-electron chi connectivity index (χ1n) is 7.26. The van der Waals surface area contributed by atoms with E-state index in [0.717, 1.165) is 25.8 Å². The summed E-state index contributed by atoms with van der Waals surface area (Å²) in [5.74, 6) is -0.997. The van der Waals surface area contributed by atoms with Gasteiger partial charge in [0.05, 0.1) is 0 Å². The van der Waals surface area contributed by atoms with Crippen molar-refractivity contribution in [1.82, 2.24) is 5.32 Å². The number of hydrogen-bond donors (Lipinski definition) is 1. The molecule has 1 rings (SSSR count). The zero-order valence-electron chi connectivity index (χ0n) is 12.2. The van der Waals surface area contributed by atoms with Gasteiger partial charge < -0.3 is 5.32 Å². The van der Waals surface area contributed by atoms with E-state index in [1.165, 1.54) is 6.07 Å². The average Bonchev–Trinajstić information content (AvgIpc) is 2.39. The number of halogens is 2. The zero-order chi connectivity index (χ0) is 14.3. The van der Waals surface area contributed by atoms with Crippen LogP contribution in [0.25, 0.3) is 0 Å². The van der Waals surface area contributed by atoms with Crippen molar-refractivity contribution in [2.45, 2.75) is 52.5 Å². The topological polar surface area (TPSA) is 12.0 Å². The Bertz CT molecular complexity index is 379. The fraction of sp³-hybridized carbons (Fsp3) is 0.625. The van der Waals surface area contributed by atoms with Crippen molar-refractivity contribution in [1.29, 1.82) is 0 Å². The molecule has 19 heavy (non-hydrogen) atoms. The highest BCUT2D eigenvalue weighted by Crippen LogP contribution is 2.19. The molecule has 0 aliphatic carbocycles. The molecule has 0 spiro atoms. The summed E-state index contributed by atoms with van der Waals surface area (Å²) in [6, 6.07) is 4.63. The fourth-order valence-corrected chi connectivity index (χ4v) is 2.40. The lowest BCUT2D eigenvalue weighted by Crippen LogP contribution is -2.37. The Hall–Kier alpha value is -0.960. The lowest BCUT2D eigenvalue weighted by Gasteiger charge is -2.25. The Balaban J connectivity index is 2.78. The normalized spacial score (nSPS) is 14.4. The number of benzene rings is 1. The first kappa shape index (κ1) is 16.1. The van der Waals surface area contributed by atoms with E-state index >= 15 is 0 Å². The largest absolute Gasteiger partial charge is 0.313 e. The first-order chi connectivity index (χ1) is 9.10. The van der Waals surface area contributed by atoms with E-state index in [2.05, 4.69) is 26.1 Å². The Morgan fingerprint density at radius 1 is 1.16 bits per heavy atom. The highest BCUT2D eigenvalue weighted by atomic mass is 19.2. The van der Waals surface area contributed by atoms with Crippen LogP contribution >= 0.6 is 0 Å². The Morgan fingerprint density at radius 3 is 2.53 bits per heavy atom. The summed E-state index contributed by atoms with van der Waals surface area (Å²) in [5, 5.41) is 3.46. The predicted octanol–water partition coefficient (Wildman–Crippen LogP) is 4.31. The second-order valence-corrected chi connectivity index (χ2v) is 5.24. The van der Waals surface area contributed by atoms with Crippen molar-refractivity contribution in [3.05, 3.63) is 35.4 Å². The molecule has 3 heteroatoms. The lowest BCUT2D eigenvalue weighted by molar-refractivity contribution is 0.347. The molecule has 1 nitrogen and oxygen atoms in total. The molecule has 0 heterocycles. The summed E-state index contributed by atoms with van der Waals surface area (Å²) in [6.45, 7) is 7.34. The van der Waals surface area contributed by atoms with Gasteiger partial charge in [0.2, 0.25) is 0 Å². The molecule has 0 aliphatic heterocycles. The van der Waals surface area contributed by atoms with Gasteiger partial charge in [0, 0.05) is 6.04 Å². The molecule has 0 saturated carbocycles. The summed E-state index contributed by atoms with van der Waals surface area (Å²) in [5.41, 5.74) is 0.469. The van der Waals surface area contributed by atoms with Crippen LogP contribution in [0, 0.1) is 17.6 Å². The molecular weight excluding hydrogens is 244 g/mol. The van der Waals surface area contributed by atoms with Gasteiger partial charge in [-0.15, -0.1) is 0 Å². The summed E-state index contributed by atoms with van der Waals surface area (Å²) in [6.07, 6.45) is 3.79. The molecule has 2 unspecified atom stereocenters. The van der Waals surface area contributed by atoms with E-state index < -0.39 is 11.6 Å². The van der Waals surface area contributed by atoms with E-state index in [4.69, 9.17) is 0 Å². The monoisotopic (exact) mass is 269 g/mol. The maximum Gasteiger partial charge on any atom is 0.162 e. The van der Waals surface area contributed by atoms with E-state index in [1.54, 1.807) is 12.1 Å². The van der Waals surface area contributed by atoms with Crippen LogP contribution in [0.5, 0.6) is 0 Å². The third-order valence-corrected chi connectivity index (χ3v) is 3.56. The maximum atomic E-state index is 13.7. The maximum absolute atomic E-state index is 13.7. The Labute approximate surface area is 115 Å². The SMILES string of the molecule is CCCNC(Cc1cccc(F)c1F)C(C)CCC. The van der Waals surface area contributed by atoms with Gasteiger partial charge in [0.1, 0.15) is 0 Å². The quantitative estimate of drug-likeness (QED) is 0.741. The molecule has 0 aromatic heterocycles. The summed E-state index contributed by atoms with van der Waals surface area (Å²) in [7, 11) is 0. The van der Waals surface area contributed by atoms with Gasteiger partial charge in [0.15, 0.2) is 11.6 Å². The van der Waals surface area contributed by atoms with Crippen LogP contribution in [0.3, 0.4) is 0 Å². The average molecular weight is 269 g/mol. The first-order valence-corrected chi connectivity index (χ1v) is 7.26. The van der Waals surface area contributed by atoms with Crippen LogP contribution in [0.4, 0.5) is 8.78 Å². The van der Waals surface area contributed by atoms with E-state index in [0.29, 0.717) is 17.9 Å². The minimum absolute atomic E-state index is 0.205. The van der Waals surface area contributed by atoms with E-state index in [9.17, 15) is 8.78 Å². The van der Waals surface area contributed by atoms with Crippen LogP contribution in [0.1, 0.15) is 45.6 Å². The van der Waals surface area contributed by atoms with Crippen molar-refractivity contribution < 1.29 is 8.78 Å². The Kier molecular flexibility index (Phi) is 7.00. The molecule has 0 bridgehead atoms. The highest BCUT2D eigenvalue weighted by Gasteiger charge is 2.19. The third-order valence-electron chi connectivity index (χ3n) is 3.56. The van der Waals surface area contributed by atoms with Gasteiger partial charge in [-0.3, -0.25) is 0 Å². The van der Waals surface area contributed by atoms with Gasteiger partial charge in [-0.05, 0) is 43.4 Å². The van der Waals surface area contributed by atoms with E-state index in [1.807, 2.05) is 0 Å². The second kappa shape index (κ2) is 8.26. The van der Waals surface area contributed by atoms with Crippen molar-refractivity contribution >= 4 is 0 Å². The molecule has 0 aliphatic rings. The van der Waals surface area contributed by atoms with Crippen molar-refractivity contribution in [3.63, 3.8) is 0 Å². The summed E-state index contributed by atoms with van der Waals surface area (Å²) < 4.78 is 27.0. The third kappa shape index (κ3) is 4.90. The van der Waals surface area contributed by atoms with Crippen molar-refractivity contribution in [3.8, 4) is 0 Å². The molecule has 0 fully saturated rings. The van der Waals surface area contributed by atoms with Crippen LogP contribution in [0.15, 0.2) is 18.2 Å². The molecule has 2 atom stereocenters. The van der Waals surface area contributed by atoms with Crippen LogP contribution in [-0.4, -0.2) is 12.6 Å². The minimum Gasteiger partial charge on any atom is -0.313 e. The molecule has 1 aromatic carbocycles. The highest BCUT2D eigenvalue weighted by molar-refractivity contribution is 5.20. The molecular formula is C16H25F2N. The summed E-state index contributed by atoms with van der Waals surface area (Å²) >= 11 is 0. The van der Waals surface area contributed by atoms with Crippen LogP contribution in [0.2, 0.25) is 0 Å². The minimum atomic E-state index is -0.755. The van der Waals surface area contributed by atoms with Gasteiger partial charge in [-0.1, -0.05) is 39.3 Å². The molecule has 0 saturated heterocycles. The summed E-state index contributed by atoms with van der Waals surface area (Å²) in [4.78, 5) is 0. The molecule has 108 valence electrons. The fourth-order valence-electron chi connectivity index (χ4n) is 2.40. The molecule has 1 N–H and O–H groups in total. The van der Waals surface area contributed by atoms with Gasteiger partial charge in [-0.2, -0.15) is 0 Å².